The lowest BCUT2D eigenvalue weighted by Crippen LogP contribution is -2.38. The van der Waals surface area contributed by atoms with Crippen LogP contribution in [-0.2, 0) is 11.2 Å². The maximum atomic E-state index is 11.9. The van der Waals surface area contributed by atoms with Gasteiger partial charge in [-0.1, -0.05) is 37.6 Å². The van der Waals surface area contributed by atoms with Crippen molar-refractivity contribution in [1.82, 2.24) is 5.32 Å². The molecule has 4 nitrogen and oxygen atoms in total. The minimum absolute atomic E-state index is 0.141. The summed E-state index contributed by atoms with van der Waals surface area (Å²) < 4.78 is 5.72. The first kappa shape index (κ1) is 16.8. The second kappa shape index (κ2) is 8.12. The standard InChI is InChI=1S/C15H23ClN2O2/c1-10(2)9-18-15(19)11(3)20-14-12(7-8-17)5-4-6-13(14)16/h4-6,10-11H,7-9,17H2,1-3H3,(H,18,19). The Labute approximate surface area is 125 Å². The third-order valence-corrected chi connectivity index (χ3v) is 3.11. The van der Waals surface area contributed by atoms with Crippen molar-refractivity contribution < 1.29 is 9.53 Å². The largest absolute Gasteiger partial charge is 0.479 e. The lowest BCUT2D eigenvalue weighted by Gasteiger charge is -2.18. The highest BCUT2D eigenvalue weighted by molar-refractivity contribution is 6.32. The molecule has 0 saturated carbocycles. The minimum atomic E-state index is -0.592. The summed E-state index contributed by atoms with van der Waals surface area (Å²) in [6.07, 6.45) is 0.0705. The molecule has 112 valence electrons. The quantitative estimate of drug-likeness (QED) is 0.812. The van der Waals surface area contributed by atoms with E-state index in [2.05, 4.69) is 5.32 Å². The van der Waals surface area contributed by atoms with Gasteiger partial charge in [0.2, 0.25) is 0 Å². The molecule has 0 aliphatic carbocycles. The normalized spacial score (nSPS) is 12.3. The Bertz CT molecular complexity index is 449. The molecule has 0 aliphatic heterocycles. The summed E-state index contributed by atoms with van der Waals surface area (Å²) in [4.78, 5) is 11.9. The van der Waals surface area contributed by atoms with Gasteiger partial charge in [0.25, 0.3) is 5.91 Å². The van der Waals surface area contributed by atoms with Crippen molar-refractivity contribution >= 4 is 17.5 Å². The molecule has 1 rings (SSSR count). The summed E-state index contributed by atoms with van der Waals surface area (Å²) in [5.74, 6) is 0.809. The van der Waals surface area contributed by atoms with E-state index in [4.69, 9.17) is 22.1 Å². The second-order valence-corrected chi connectivity index (χ2v) is 5.57. The highest BCUT2D eigenvalue weighted by Crippen LogP contribution is 2.29. The molecule has 0 spiro atoms. The summed E-state index contributed by atoms with van der Waals surface area (Å²) in [5.41, 5.74) is 6.49. The van der Waals surface area contributed by atoms with Gasteiger partial charge < -0.3 is 15.8 Å². The van der Waals surface area contributed by atoms with Crippen molar-refractivity contribution in [1.29, 1.82) is 0 Å². The predicted molar refractivity (Wildman–Crippen MR) is 82.1 cm³/mol. The van der Waals surface area contributed by atoms with Crippen LogP contribution in [0, 0.1) is 5.92 Å². The summed E-state index contributed by atoms with van der Waals surface area (Å²) in [5, 5.41) is 3.34. The smallest absolute Gasteiger partial charge is 0.260 e. The number of carbonyl (C=O) groups is 1. The lowest BCUT2D eigenvalue weighted by molar-refractivity contribution is -0.127. The minimum Gasteiger partial charge on any atom is -0.479 e. The van der Waals surface area contributed by atoms with E-state index in [1.807, 2.05) is 26.0 Å². The topological polar surface area (TPSA) is 64.3 Å². The summed E-state index contributed by atoms with van der Waals surface area (Å²) in [6, 6.07) is 5.51. The fourth-order valence-corrected chi connectivity index (χ4v) is 1.96. The second-order valence-electron chi connectivity index (χ2n) is 5.17. The molecule has 1 aromatic carbocycles. The average Bonchev–Trinajstić information content (AvgIpc) is 2.40. The lowest BCUT2D eigenvalue weighted by atomic mass is 10.1. The number of nitrogens with two attached hydrogens (primary N) is 1. The fraction of sp³-hybridized carbons (Fsp3) is 0.533. The fourth-order valence-electron chi connectivity index (χ4n) is 1.72. The molecular weight excluding hydrogens is 276 g/mol. The number of benzene rings is 1. The van der Waals surface area contributed by atoms with Crippen molar-refractivity contribution in [3.8, 4) is 5.75 Å². The number of halogens is 1. The van der Waals surface area contributed by atoms with Crippen molar-refractivity contribution in [3.63, 3.8) is 0 Å². The number of nitrogens with one attached hydrogen (secondary N) is 1. The molecule has 1 aromatic rings. The van der Waals surface area contributed by atoms with Gasteiger partial charge in [-0.05, 0) is 37.4 Å². The molecule has 0 bridgehead atoms. The predicted octanol–water partition coefficient (Wildman–Crippen LogP) is 2.38. The third-order valence-electron chi connectivity index (χ3n) is 2.81. The molecule has 0 saturated heterocycles. The van der Waals surface area contributed by atoms with E-state index in [0.29, 0.717) is 36.2 Å². The monoisotopic (exact) mass is 298 g/mol. The number of carbonyl (C=O) groups excluding carboxylic acids is 1. The molecule has 20 heavy (non-hydrogen) atoms. The van der Waals surface area contributed by atoms with Crippen LogP contribution < -0.4 is 15.8 Å². The van der Waals surface area contributed by atoms with Crippen molar-refractivity contribution in [3.05, 3.63) is 28.8 Å². The zero-order valence-corrected chi connectivity index (χ0v) is 13.0. The average molecular weight is 299 g/mol. The molecule has 0 aromatic heterocycles. The first-order valence-electron chi connectivity index (χ1n) is 6.87. The van der Waals surface area contributed by atoms with Gasteiger partial charge in [0.15, 0.2) is 6.10 Å². The van der Waals surface area contributed by atoms with Gasteiger partial charge in [-0.15, -0.1) is 0 Å². The number of rotatable bonds is 7. The van der Waals surface area contributed by atoms with Gasteiger partial charge >= 0.3 is 0 Å². The summed E-state index contributed by atoms with van der Waals surface area (Å²) in [6.45, 7) is 6.93. The molecule has 0 aliphatic rings. The van der Waals surface area contributed by atoms with Crippen LogP contribution in [0.4, 0.5) is 0 Å². The van der Waals surface area contributed by atoms with Crippen molar-refractivity contribution in [2.24, 2.45) is 11.7 Å². The third kappa shape index (κ3) is 5.02. The van der Waals surface area contributed by atoms with E-state index in [-0.39, 0.29) is 5.91 Å². The first-order valence-corrected chi connectivity index (χ1v) is 7.25. The van der Waals surface area contributed by atoms with Crippen molar-refractivity contribution in [2.45, 2.75) is 33.3 Å². The Morgan fingerprint density at radius 1 is 1.40 bits per heavy atom. The van der Waals surface area contributed by atoms with E-state index in [9.17, 15) is 4.79 Å². The molecule has 0 fully saturated rings. The first-order chi connectivity index (χ1) is 9.45. The highest BCUT2D eigenvalue weighted by Gasteiger charge is 2.18. The molecular formula is C15H23ClN2O2. The molecule has 0 radical (unpaired) electrons. The van der Waals surface area contributed by atoms with Gasteiger partial charge in [-0.3, -0.25) is 4.79 Å². The summed E-state index contributed by atoms with van der Waals surface area (Å²) in [7, 11) is 0. The number of ether oxygens (including phenoxy) is 1. The van der Waals surface area contributed by atoms with Gasteiger partial charge in [0, 0.05) is 6.54 Å². The van der Waals surface area contributed by atoms with Crippen LogP contribution >= 0.6 is 11.6 Å². The highest BCUT2D eigenvalue weighted by atomic mass is 35.5. The Kier molecular flexibility index (Phi) is 6.82. The van der Waals surface area contributed by atoms with Gasteiger partial charge in [-0.25, -0.2) is 0 Å². The Morgan fingerprint density at radius 2 is 2.10 bits per heavy atom. The van der Waals surface area contributed by atoms with Gasteiger partial charge in [0.05, 0.1) is 5.02 Å². The molecule has 1 atom stereocenters. The maximum absolute atomic E-state index is 11.9. The molecule has 3 N–H and O–H groups in total. The Hall–Kier alpha value is -1.26. The molecule has 5 heteroatoms. The van der Waals surface area contributed by atoms with E-state index in [1.54, 1.807) is 13.0 Å². The van der Waals surface area contributed by atoms with E-state index >= 15 is 0 Å². The Balaban J connectivity index is 2.74. The van der Waals surface area contributed by atoms with Crippen LogP contribution in [-0.4, -0.2) is 25.1 Å². The number of para-hydroxylation sites is 1. The number of hydrogen-bond donors (Lipinski definition) is 2. The molecule has 1 amide bonds. The Morgan fingerprint density at radius 3 is 2.70 bits per heavy atom. The maximum Gasteiger partial charge on any atom is 0.260 e. The zero-order valence-electron chi connectivity index (χ0n) is 12.3. The van der Waals surface area contributed by atoms with Crippen LogP contribution in [0.1, 0.15) is 26.3 Å². The van der Waals surface area contributed by atoms with E-state index < -0.39 is 6.10 Å². The molecule has 1 unspecified atom stereocenters. The van der Waals surface area contributed by atoms with Crippen LogP contribution in [0.2, 0.25) is 5.02 Å². The van der Waals surface area contributed by atoms with Crippen LogP contribution in [0.25, 0.3) is 0 Å². The number of hydrogen-bond acceptors (Lipinski definition) is 3. The van der Waals surface area contributed by atoms with Gasteiger partial charge in [-0.2, -0.15) is 0 Å². The van der Waals surface area contributed by atoms with E-state index in [0.717, 1.165) is 5.56 Å². The van der Waals surface area contributed by atoms with Crippen LogP contribution in [0.15, 0.2) is 18.2 Å². The molecule has 0 heterocycles. The SMILES string of the molecule is CC(C)CNC(=O)C(C)Oc1c(Cl)cccc1CCN. The summed E-state index contributed by atoms with van der Waals surface area (Å²) >= 11 is 6.14. The van der Waals surface area contributed by atoms with Crippen LogP contribution in [0.5, 0.6) is 5.75 Å². The zero-order chi connectivity index (χ0) is 15.1. The van der Waals surface area contributed by atoms with Gasteiger partial charge in [0.1, 0.15) is 5.75 Å². The van der Waals surface area contributed by atoms with E-state index in [1.165, 1.54) is 0 Å². The van der Waals surface area contributed by atoms with Crippen molar-refractivity contribution in [2.75, 3.05) is 13.1 Å². The number of amides is 1. The van der Waals surface area contributed by atoms with Crippen LogP contribution in [0.3, 0.4) is 0 Å².